The van der Waals surface area contributed by atoms with Gasteiger partial charge in [-0.25, -0.2) is 18.1 Å². The summed E-state index contributed by atoms with van der Waals surface area (Å²) in [6.07, 6.45) is 0. The summed E-state index contributed by atoms with van der Waals surface area (Å²) in [4.78, 5) is 4.56. The van der Waals surface area contributed by atoms with Gasteiger partial charge >= 0.3 is 0 Å². The van der Waals surface area contributed by atoms with Crippen LogP contribution in [0.25, 0.3) is 0 Å². The Labute approximate surface area is 162 Å². The van der Waals surface area contributed by atoms with Crippen molar-refractivity contribution in [3.05, 3.63) is 59.2 Å². The Hall–Kier alpha value is -2.38. The first-order valence-corrected chi connectivity index (χ1v) is 10.4. The molecule has 0 fully saturated rings. The van der Waals surface area contributed by atoms with Crippen molar-refractivity contribution in [2.24, 2.45) is 16.6 Å². The Bertz CT molecular complexity index is 904. The fourth-order valence-corrected chi connectivity index (χ4v) is 3.53. The Morgan fingerprint density at radius 3 is 2.33 bits per heavy atom. The van der Waals surface area contributed by atoms with Gasteiger partial charge in [-0.1, -0.05) is 32.0 Å². The zero-order chi connectivity index (χ0) is 20.0. The maximum absolute atomic E-state index is 12.2. The highest BCUT2D eigenvalue weighted by molar-refractivity contribution is 7.89. The highest BCUT2D eigenvalue weighted by atomic mass is 32.2. The topological polar surface area (TPSA) is 96.6 Å². The van der Waals surface area contributed by atoms with E-state index in [1.165, 1.54) is 11.1 Å². The maximum Gasteiger partial charge on any atom is 0.240 e. The van der Waals surface area contributed by atoms with Crippen LogP contribution in [-0.2, 0) is 16.6 Å². The van der Waals surface area contributed by atoms with Crippen LogP contribution in [0.5, 0.6) is 0 Å². The van der Waals surface area contributed by atoms with Gasteiger partial charge in [0.1, 0.15) is 0 Å². The molecule has 0 aliphatic heterocycles. The van der Waals surface area contributed by atoms with E-state index in [9.17, 15) is 8.42 Å². The van der Waals surface area contributed by atoms with Crippen molar-refractivity contribution in [2.75, 3.05) is 11.9 Å². The molecule has 0 unspecified atom stereocenters. The fourth-order valence-electron chi connectivity index (χ4n) is 2.32. The summed E-state index contributed by atoms with van der Waals surface area (Å²) >= 11 is 0. The van der Waals surface area contributed by atoms with Crippen molar-refractivity contribution in [2.45, 2.75) is 39.1 Å². The summed E-state index contributed by atoms with van der Waals surface area (Å²) in [5.74, 6) is 0.565. The summed E-state index contributed by atoms with van der Waals surface area (Å²) < 4.78 is 27.0. The Morgan fingerprint density at radius 1 is 1.07 bits per heavy atom. The second-order valence-electron chi connectivity index (χ2n) is 7.02. The van der Waals surface area contributed by atoms with Gasteiger partial charge in [-0.15, -0.1) is 0 Å². The lowest BCUT2D eigenvalue weighted by atomic mass is 10.1. The molecule has 0 aromatic heterocycles. The summed E-state index contributed by atoms with van der Waals surface area (Å²) in [5.41, 5.74) is 10.1. The van der Waals surface area contributed by atoms with Crippen molar-refractivity contribution < 1.29 is 8.42 Å². The molecule has 0 spiro atoms. The minimum absolute atomic E-state index is 0.247. The van der Waals surface area contributed by atoms with E-state index in [4.69, 9.17) is 5.73 Å². The zero-order valence-electron chi connectivity index (χ0n) is 16.3. The van der Waals surface area contributed by atoms with E-state index in [1.54, 1.807) is 24.3 Å². The highest BCUT2D eigenvalue weighted by Crippen LogP contribution is 2.14. The molecule has 0 saturated heterocycles. The van der Waals surface area contributed by atoms with Gasteiger partial charge in [0, 0.05) is 12.2 Å². The molecule has 0 aliphatic rings. The number of hydrogen-bond acceptors (Lipinski definition) is 3. The molecule has 0 aliphatic carbocycles. The molecular weight excluding hydrogens is 360 g/mol. The Morgan fingerprint density at radius 2 is 1.74 bits per heavy atom. The predicted octanol–water partition coefficient (Wildman–Crippen LogP) is 3.16. The smallest absolute Gasteiger partial charge is 0.240 e. The Balaban J connectivity index is 1.99. The summed E-state index contributed by atoms with van der Waals surface area (Å²) in [5, 5.41) is 3.06. The fraction of sp³-hybridized carbons (Fsp3) is 0.350. The second kappa shape index (κ2) is 9.01. The van der Waals surface area contributed by atoms with Crippen LogP contribution in [0.3, 0.4) is 0 Å². The number of aliphatic imine (C=N–C) groups is 1. The minimum Gasteiger partial charge on any atom is -0.370 e. The van der Waals surface area contributed by atoms with Gasteiger partial charge in [0.15, 0.2) is 5.96 Å². The zero-order valence-corrected chi connectivity index (χ0v) is 17.1. The SMILES string of the molecule is Cc1ccc(NC(N)=NCc2ccc(S(=O)(=O)NCC(C)C)cc2)cc1C. The van der Waals surface area contributed by atoms with Crippen molar-refractivity contribution in [1.82, 2.24) is 4.72 Å². The minimum atomic E-state index is -3.47. The molecular formula is C20H28N4O2S. The van der Waals surface area contributed by atoms with Crippen molar-refractivity contribution in [1.29, 1.82) is 0 Å². The van der Waals surface area contributed by atoms with Gasteiger partial charge in [0.05, 0.1) is 11.4 Å². The highest BCUT2D eigenvalue weighted by Gasteiger charge is 2.13. The van der Waals surface area contributed by atoms with Crippen LogP contribution in [0.1, 0.15) is 30.5 Å². The largest absolute Gasteiger partial charge is 0.370 e. The van der Waals surface area contributed by atoms with E-state index in [0.29, 0.717) is 19.0 Å². The molecule has 0 atom stereocenters. The molecule has 2 aromatic carbocycles. The Kier molecular flexibility index (Phi) is 6.98. The summed E-state index contributed by atoms with van der Waals surface area (Å²) in [7, 11) is -3.47. The summed E-state index contributed by atoms with van der Waals surface area (Å²) in [6.45, 7) is 8.79. The third-order valence-corrected chi connectivity index (χ3v) is 5.57. The number of nitrogens with two attached hydrogens (primary N) is 1. The van der Waals surface area contributed by atoms with Crippen molar-refractivity contribution in [3.63, 3.8) is 0 Å². The molecule has 0 heterocycles. The van der Waals surface area contributed by atoms with Crippen LogP contribution in [0.4, 0.5) is 5.69 Å². The van der Waals surface area contributed by atoms with Gasteiger partial charge in [0.25, 0.3) is 0 Å². The number of rotatable bonds is 7. The van der Waals surface area contributed by atoms with Crippen LogP contribution < -0.4 is 15.8 Å². The van der Waals surface area contributed by atoms with Gasteiger partial charge in [-0.3, -0.25) is 0 Å². The lowest BCUT2D eigenvalue weighted by Gasteiger charge is -2.09. The van der Waals surface area contributed by atoms with Crippen LogP contribution in [-0.4, -0.2) is 20.9 Å². The average Bonchev–Trinajstić information content (AvgIpc) is 2.62. The van der Waals surface area contributed by atoms with Gasteiger partial charge < -0.3 is 11.1 Å². The standard InChI is InChI=1S/C20H28N4O2S/c1-14(2)12-23-27(25,26)19-9-6-17(7-10-19)13-22-20(21)24-18-8-5-15(3)16(4)11-18/h5-11,14,23H,12-13H2,1-4H3,(H3,21,22,24). The molecule has 6 nitrogen and oxygen atoms in total. The van der Waals surface area contributed by atoms with Gasteiger partial charge in [0.2, 0.25) is 10.0 Å². The van der Waals surface area contributed by atoms with E-state index in [2.05, 4.69) is 22.0 Å². The molecule has 0 amide bonds. The molecule has 0 saturated carbocycles. The van der Waals surface area contributed by atoms with Crippen LogP contribution in [0.15, 0.2) is 52.4 Å². The maximum atomic E-state index is 12.2. The number of guanidine groups is 1. The number of nitrogens with zero attached hydrogens (tertiary/aromatic N) is 1. The first-order chi connectivity index (χ1) is 12.7. The number of benzene rings is 2. The van der Waals surface area contributed by atoms with Crippen LogP contribution >= 0.6 is 0 Å². The number of hydrogen-bond donors (Lipinski definition) is 3. The van der Waals surface area contributed by atoms with Crippen molar-refractivity contribution in [3.8, 4) is 0 Å². The van der Waals surface area contributed by atoms with Crippen LogP contribution in [0, 0.1) is 19.8 Å². The number of anilines is 1. The first-order valence-electron chi connectivity index (χ1n) is 8.90. The van der Waals surface area contributed by atoms with E-state index in [1.807, 2.05) is 39.0 Å². The molecule has 27 heavy (non-hydrogen) atoms. The second-order valence-corrected chi connectivity index (χ2v) is 8.78. The monoisotopic (exact) mass is 388 g/mol. The van der Waals surface area contributed by atoms with E-state index >= 15 is 0 Å². The molecule has 2 rings (SSSR count). The third-order valence-electron chi connectivity index (χ3n) is 4.13. The quantitative estimate of drug-likeness (QED) is 0.501. The van der Waals surface area contributed by atoms with E-state index in [0.717, 1.165) is 11.3 Å². The number of nitrogens with one attached hydrogen (secondary N) is 2. The average molecular weight is 389 g/mol. The molecule has 0 radical (unpaired) electrons. The molecule has 2 aromatic rings. The molecule has 4 N–H and O–H groups in total. The lowest BCUT2D eigenvalue weighted by Crippen LogP contribution is -2.27. The molecule has 0 bridgehead atoms. The predicted molar refractivity (Wildman–Crippen MR) is 111 cm³/mol. The van der Waals surface area contributed by atoms with E-state index < -0.39 is 10.0 Å². The van der Waals surface area contributed by atoms with Crippen molar-refractivity contribution >= 4 is 21.7 Å². The number of sulfonamides is 1. The third kappa shape index (κ3) is 6.37. The molecule has 146 valence electrons. The summed E-state index contributed by atoms with van der Waals surface area (Å²) in [6, 6.07) is 12.7. The first kappa shape index (κ1) is 20.9. The van der Waals surface area contributed by atoms with E-state index in [-0.39, 0.29) is 10.8 Å². The number of aryl methyl sites for hydroxylation is 2. The normalized spacial score (nSPS) is 12.4. The van der Waals surface area contributed by atoms with Crippen LogP contribution in [0.2, 0.25) is 0 Å². The van der Waals surface area contributed by atoms with Gasteiger partial charge in [-0.05, 0) is 60.7 Å². The molecule has 7 heteroatoms. The van der Waals surface area contributed by atoms with Gasteiger partial charge in [-0.2, -0.15) is 0 Å². The lowest BCUT2D eigenvalue weighted by molar-refractivity contribution is 0.560.